The van der Waals surface area contributed by atoms with Crippen molar-refractivity contribution in [3.63, 3.8) is 0 Å². The summed E-state index contributed by atoms with van der Waals surface area (Å²) in [4.78, 5) is 31.7. The summed E-state index contributed by atoms with van der Waals surface area (Å²) in [6.07, 6.45) is 4.12. The molecule has 6 nitrogen and oxygen atoms in total. The third-order valence-corrected chi connectivity index (χ3v) is 7.06. The molecular weight excluding hydrogens is 358 g/mol. The van der Waals surface area contributed by atoms with Gasteiger partial charge >= 0.3 is 5.97 Å². The molecule has 0 aromatic carbocycles. The number of carbonyl (C=O) groups excluding carboxylic acids is 1. The maximum atomic E-state index is 12.2. The summed E-state index contributed by atoms with van der Waals surface area (Å²) in [6, 6.07) is 0.326. The second-order valence-corrected chi connectivity index (χ2v) is 9.12. The van der Waals surface area contributed by atoms with E-state index in [1.807, 2.05) is 4.90 Å². The molecule has 0 radical (unpaired) electrons. The summed E-state index contributed by atoms with van der Waals surface area (Å²) in [6.45, 7) is 6.30. The Morgan fingerprint density at radius 2 is 2.16 bits per heavy atom. The minimum Gasteiger partial charge on any atom is -0.476 e. The Morgan fingerprint density at radius 1 is 1.40 bits per heavy atom. The van der Waals surface area contributed by atoms with Gasteiger partial charge in [0.1, 0.15) is 0 Å². The first kappa shape index (κ1) is 18.7. The average Bonchev–Trinajstić information content (AvgIpc) is 3.19. The highest BCUT2D eigenvalue weighted by molar-refractivity contribution is 8.01. The van der Waals surface area contributed by atoms with Gasteiger partial charge in [0.25, 0.3) is 0 Å². The van der Waals surface area contributed by atoms with E-state index in [9.17, 15) is 9.59 Å². The van der Waals surface area contributed by atoms with Crippen LogP contribution in [0.4, 0.5) is 0 Å². The molecule has 0 unspecified atom stereocenters. The molecule has 1 atom stereocenters. The van der Waals surface area contributed by atoms with E-state index in [0.717, 1.165) is 42.1 Å². The highest BCUT2D eigenvalue weighted by atomic mass is 32.2. The highest BCUT2D eigenvalue weighted by Gasteiger charge is 2.32. The fourth-order valence-corrected chi connectivity index (χ4v) is 5.30. The molecule has 1 aromatic heterocycles. The second-order valence-electron chi connectivity index (χ2n) is 6.92. The predicted molar refractivity (Wildman–Crippen MR) is 99.4 cm³/mol. The van der Waals surface area contributed by atoms with Crippen LogP contribution >= 0.6 is 23.1 Å². The van der Waals surface area contributed by atoms with Crippen LogP contribution < -0.4 is 0 Å². The minimum atomic E-state index is -0.992. The van der Waals surface area contributed by atoms with Gasteiger partial charge in [-0.15, -0.1) is 11.3 Å². The first-order valence-corrected chi connectivity index (χ1v) is 10.7. The van der Waals surface area contributed by atoms with Crippen LogP contribution in [0.3, 0.4) is 0 Å². The smallest absolute Gasteiger partial charge is 0.355 e. The SMILES string of the molecule is CC1CCN(C[C@H]2CCC(=O)N2CCSc2nc(C(=O)O)cs2)CC1. The number of carboxylic acid groups (broad SMARTS) is 1. The number of carboxylic acids is 1. The van der Waals surface area contributed by atoms with Crippen molar-refractivity contribution in [1.29, 1.82) is 0 Å². The zero-order valence-electron chi connectivity index (χ0n) is 14.5. The van der Waals surface area contributed by atoms with Gasteiger partial charge < -0.3 is 14.9 Å². The van der Waals surface area contributed by atoms with Crippen molar-refractivity contribution in [3.8, 4) is 0 Å². The molecule has 8 heteroatoms. The highest BCUT2D eigenvalue weighted by Crippen LogP contribution is 2.26. The second kappa shape index (κ2) is 8.51. The van der Waals surface area contributed by atoms with E-state index in [1.165, 1.54) is 35.9 Å². The Balaban J connectivity index is 1.47. The molecule has 2 fully saturated rings. The average molecular weight is 384 g/mol. The molecule has 2 aliphatic heterocycles. The number of likely N-dealkylation sites (tertiary alicyclic amines) is 2. The Morgan fingerprint density at radius 3 is 2.84 bits per heavy atom. The Bertz CT molecular complexity index is 614. The lowest BCUT2D eigenvalue weighted by Crippen LogP contribution is -2.45. The molecule has 1 amide bonds. The lowest BCUT2D eigenvalue weighted by molar-refractivity contribution is -0.128. The fourth-order valence-electron chi connectivity index (χ4n) is 3.49. The van der Waals surface area contributed by atoms with E-state index < -0.39 is 5.97 Å². The molecule has 138 valence electrons. The van der Waals surface area contributed by atoms with E-state index in [1.54, 1.807) is 5.38 Å². The molecule has 3 heterocycles. The van der Waals surface area contributed by atoms with Crippen LogP contribution in [0.5, 0.6) is 0 Å². The Labute approximate surface area is 156 Å². The number of piperidine rings is 1. The quantitative estimate of drug-likeness (QED) is 0.730. The third kappa shape index (κ3) is 4.95. The van der Waals surface area contributed by atoms with Gasteiger partial charge in [0.15, 0.2) is 10.0 Å². The van der Waals surface area contributed by atoms with Gasteiger partial charge in [0.05, 0.1) is 0 Å². The van der Waals surface area contributed by atoms with Crippen LogP contribution in [0.25, 0.3) is 0 Å². The number of aromatic carboxylic acids is 1. The van der Waals surface area contributed by atoms with Gasteiger partial charge in [-0.2, -0.15) is 0 Å². The molecular formula is C17H25N3O3S2. The van der Waals surface area contributed by atoms with E-state index in [0.29, 0.717) is 19.0 Å². The van der Waals surface area contributed by atoms with Crippen molar-refractivity contribution in [3.05, 3.63) is 11.1 Å². The number of carbonyl (C=O) groups is 2. The number of thioether (sulfide) groups is 1. The summed E-state index contributed by atoms with van der Waals surface area (Å²) in [7, 11) is 0. The molecule has 3 rings (SSSR count). The van der Waals surface area contributed by atoms with Crippen molar-refractivity contribution in [2.24, 2.45) is 5.92 Å². The number of nitrogens with zero attached hydrogens (tertiary/aromatic N) is 3. The lowest BCUT2D eigenvalue weighted by atomic mass is 9.99. The molecule has 2 aliphatic rings. The zero-order chi connectivity index (χ0) is 17.8. The summed E-state index contributed by atoms with van der Waals surface area (Å²) in [5, 5.41) is 10.5. The van der Waals surface area contributed by atoms with Crippen LogP contribution in [-0.4, -0.2) is 69.7 Å². The lowest BCUT2D eigenvalue weighted by Gasteiger charge is -2.34. The van der Waals surface area contributed by atoms with Gasteiger partial charge in [-0.3, -0.25) is 4.79 Å². The maximum absolute atomic E-state index is 12.2. The van der Waals surface area contributed by atoms with Gasteiger partial charge in [0, 0.05) is 36.7 Å². The molecule has 1 aromatic rings. The van der Waals surface area contributed by atoms with Crippen molar-refractivity contribution in [2.75, 3.05) is 31.9 Å². The predicted octanol–water partition coefficient (Wildman–Crippen LogP) is 2.66. The number of hydrogen-bond donors (Lipinski definition) is 1. The largest absolute Gasteiger partial charge is 0.476 e. The number of thiazole rings is 1. The summed E-state index contributed by atoms with van der Waals surface area (Å²) in [5.41, 5.74) is 0.0990. The minimum absolute atomic E-state index is 0.0990. The first-order valence-electron chi connectivity index (χ1n) is 8.86. The van der Waals surface area contributed by atoms with Gasteiger partial charge in [0.2, 0.25) is 5.91 Å². The number of hydrogen-bond acceptors (Lipinski definition) is 6. The van der Waals surface area contributed by atoms with Crippen LogP contribution in [0.2, 0.25) is 0 Å². The number of amides is 1. The van der Waals surface area contributed by atoms with Crippen LogP contribution in [0.15, 0.2) is 9.72 Å². The molecule has 25 heavy (non-hydrogen) atoms. The maximum Gasteiger partial charge on any atom is 0.355 e. The molecule has 1 N–H and O–H groups in total. The zero-order valence-corrected chi connectivity index (χ0v) is 16.2. The molecule has 2 saturated heterocycles. The van der Waals surface area contributed by atoms with Crippen LogP contribution in [0.1, 0.15) is 43.1 Å². The van der Waals surface area contributed by atoms with Crippen LogP contribution in [0, 0.1) is 5.92 Å². The first-order chi connectivity index (χ1) is 12.0. The fraction of sp³-hybridized carbons (Fsp3) is 0.706. The molecule has 0 aliphatic carbocycles. The van der Waals surface area contributed by atoms with Crippen LogP contribution in [-0.2, 0) is 4.79 Å². The van der Waals surface area contributed by atoms with Crippen molar-refractivity contribution < 1.29 is 14.7 Å². The Kier molecular flexibility index (Phi) is 6.35. The van der Waals surface area contributed by atoms with Crippen molar-refractivity contribution >= 4 is 35.0 Å². The van der Waals surface area contributed by atoms with E-state index in [4.69, 9.17) is 5.11 Å². The topological polar surface area (TPSA) is 73.7 Å². The van der Waals surface area contributed by atoms with E-state index in [2.05, 4.69) is 16.8 Å². The number of rotatable bonds is 7. The van der Waals surface area contributed by atoms with Gasteiger partial charge in [-0.05, 0) is 38.3 Å². The van der Waals surface area contributed by atoms with Gasteiger partial charge in [-0.1, -0.05) is 18.7 Å². The Hall–Kier alpha value is -1.12. The standard InChI is InChI=1S/C17H25N3O3S2/c1-12-4-6-19(7-5-12)10-13-2-3-15(21)20(13)8-9-24-17-18-14(11-25-17)16(22)23/h11-13H,2-10H2,1H3,(H,22,23)/t13-/m1/s1. The molecule has 0 spiro atoms. The third-order valence-electron chi connectivity index (χ3n) is 5.06. The van der Waals surface area contributed by atoms with Gasteiger partial charge in [-0.25, -0.2) is 9.78 Å². The van der Waals surface area contributed by atoms with E-state index >= 15 is 0 Å². The number of aromatic nitrogens is 1. The normalized spacial score (nSPS) is 22.7. The monoisotopic (exact) mass is 383 g/mol. The summed E-state index contributed by atoms with van der Waals surface area (Å²) >= 11 is 2.88. The molecule has 0 saturated carbocycles. The molecule has 0 bridgehead atoms. The van der Waals surface area contributed by atoms with E-state index in [-0.39, 0.29) is 11.6 Å². The summed E-state index contributed by atoms with van der Waals surface area (Å²) in [5.74, 6) is 0.837. The summed E-state index contributed by atoms with van der Waals surface area (Å²) < 4.78 is 0.755. The van der Waals surface area contributed by atoms with Crippen molar-refractivity contribution in [2.45, 2.75) is 43.0 Å². The van der Waals surface area contributed by atoms with Crippen molar-refractivity contribution in [1.82, 2.24) is 14.8 Å².